The maximum absolute atomic E-state index is 13.0. The van der Waals surface area contributed by atoms with E-state index in [2.05, 4.69) is 4.98 Å². The standard InChI is InChI=1S/C12H12ClFN2O2/c1-16-11(13)5-15-12(16)7-18-10-3-2-9(14)4-8(10)6-17/h2-5,17H,6-7H2,1H3. The van der Waals surface area contributed by atoms with E-state index >= 15 is 0 Å². The van der Waals surface area contributed by atoms with Crippen molar-refractivity contribution in [1.82, 2.24) is 9.55 Å². The van der Waals surface area contributed by atoms with Crippen LogP contribution in [0, 0.1) is 5.82 Å². The van der Waals surface area contributed by atoms with Gasteiger partial charge in [-0.3, -0.25) is 0 Å². The monoisotopic (exact) mass is 270 g/mol. The van der Waals surface area contributed by atoms with Crippen molar-refractivity contribution in [2.24, 2.45) is 7.05 Å². The number of benzene rings is 1. The van der Waals surface area contributed by atoms with Crippen LogP contribution in [-0.4, -0.2) is 14.7 Å². The van der Waals surface area contributed by atoms with Crippen molar-refractivity contribution in [2.45, 2.75) is 13.2 Å². The van der Waals surface area contributed by atoms with E-state index in [4.69, 9.17) is 21.4 Å². The van der Waals surface area contributed by atoms with E-state index in [0.717, 1.165) is 0 Å². The number of rotatable bonds is 4. The van der Waals surface area contributed by atoms with Gasteiger partial charge in [-0.05, 0) is 18.2 Å². The lowest BCUT2D eigenvalue weighted by Gasteiger charge is -2.10. The van der Waals surface area contributed by atoms with Crippen LogP contribution in [0.2, 0.25) is 5.15 Å². The molecule has 18 heavy (non-hydrogen) atoms. The number of halogens is 2. The van der Waals surface area contributed by atoms with Crippen LogP contribution in [0.15, 0.2) is 24.4 Å². The van der Waals surface area contributed by atoms with E-state index in [1.54, 1.807) is 11.6 Å². The number of imidazole rings is 1. The molecule has 0 fully saturated rings. The molecule has 96 valence electrons. The molecule has 0 saturated carbocycles. The number of hydrogen-bond acceptors (Lipinski definition) is 3. The molecule has 0 amide bonds. The second-order valence-corrected chi connectivity index (χ2v) is 4.14. The summed E-state index contributed by atoms with van der Waals surface area (Å²) in [6.45, 7) is -0.0870. The maximum Gasteiger partial charge on any atom is 0.147 e. The zero-order chi connectivity index (χ0) is 13.1. The first-order valence-corrected chi connectivity index (χ1v) is 5.68. The van der Waals surface area contributed by atoms with Crippen molar-refractivity contribution in [3.05, 3.63) is 46.8 Å². The molecule has 0 aliphatic heterocycles. The molecular weight excluding hydrogens is 259 g/mol. The topological polar surface area (TPSA) is 47.3 Å². The van der Waals surface area contributed by atoms with Crippen LogP contribution in [0.1, 0.15) is 11.4 Å². The summed E-state index contributed by atoms with van der Waals surface area (Å²) < 4.78 is 20.1. The third-order valence-corrected chi connectivity index (χ3v) is 2.93. The number of aliphatic hydroxyl groups is 1. The SMILES string of the molecule is Cn1c(Cl)cnc1COc1ccc(F)cc1CO. The Balaban J connectivity index is 2.13. The molecule has 6 heteroatoms. The predicted octanol–water partition coefficient (Wildman–Crippen LogP) is 2.28. The van der Waals surface area contributed by atoms with Gasteiger partial charge in [0.2, 0.25) is 0 Å². The van der Waals surface area contributed by atoms with Crippen LogP contribution in [-0.2, 0) is 20.3 Å². The Labute approximate surface area is 109 Å². The molecule has 2 aromatic rings. The first kappa shape index (κ1) is 12.9. The summed E-state index contributed by atoms with van der Waals surface area (Å²) >= 11 is 5.85. The van der Waals surface area contributed by atoms with Crippen LogP contribution in [0.3, 0.4) is 0 Å². The maximum atomic E-state index is 13.0. The molecule has 0 bridgehead atoms. The van der Waals surface area contributed by atoms with Gasteiger partial charge in [-0.2, -0.15) is 0 Å². The minimum absolute atomic E-state index is 0.196. The second-order valence-electron chi connectivity index (χ2n) is 3.76. The lowest BCUT2D eigenvalue weighted by Crippen LogP contribution is -2.05. The van der Waals surface area contributed by atoms with Gasteiger partial charge in [-0.25, -0.2) is 9.37 Å². The minimum atomic E-state index is -0.411. The number of nitrogens with zero attached hydrogens (tertiary/aromatic N) is 2. The van der Waals surface area contributed by atoms with E-state index in [9.17, 15) is 4.39 Å². The number of ether oxygens (including phenoxy) is 1. The molecule has 1 heterocycles. The molecule has 1 aromatic heterocycles. The quantitative estimate of drug-likeness (QED) is 0.927. The van der Waals surface area contributed by atoms with Gasteiger partial charge in [-0.1, -0.05) is 11.6 Å². The van der Waals surface area contributed by atoms with Crippen molar-refractivity contribution in [2.75, 3.05) is 0 Å². The fourth-order valence-electron chi connectivity index (χ4n) is 1.51. The van der Waals surface area contributed by atoms with Gasteiger partial charge in [0, 0.05) is 12.6 Å². The highest BCUT2D eigenvalue weighted by Gasteiger charge is 2.08. The molecular formula is C12H12ClFN2O2. The van der Waals surface area contributed by atoms with Crippen LogP contribution < -0.4 is 4.74 Å². The summed E-state index contributed by atoms with van der Waals surface area (Å²) in [7, 11) is 1.77. The molecule has 0 radical (unpaired) electrons. The molecule has 0 spiro atoms. The highest BCUT2D eigenvalue weighted by molar-refractivity contribution is 6.29. The average Bonchev–Trinajstić information content (AvgIpc) is 2.68. The van der Waals surface area contributed by atoms with Gasteiger partial charge in [0.1, 0.15) is 29.2 Å². The van der Waals surface area contributed by atoms with Gasteiger partial charge < -0.3 is 14.4 Å². The highest BCUT2D eigenvalue weighted by atomic mass is 35.5. The van der Waals surface area contributed by atoms with Crippen LogP contribution in [0.4, 0.5) is 4.39 Å². The molecule has 0 aliphatic rings. The van der Waals surface area contributed by atoms with Crippen molar-refractivity contribution in [1.29, 1.82) is 0 Å². The van der Waals surface area contributed by atoms with Gasteiger partial charge in [0.05, 0.1) is 12.8 Å². The Morgan fingerprint density at radius 2 is 2.28 bits per heavy atom. The molecule has 1 aromatic carbocycles. The van der Waals surface area contributed by atoms with E-state index < -0.39 is 5.82 Å². The molecule has 0 aliphatic carbocycles. The van der Waals surface area contributed by atoms with E-state index in [1.165, 1.54) is 24.4 Å². The number of hydrogen-bond donors (Lipinski definition) is 1. The van der Waals surface area contributed by atoms with Gasteiger partial charge >= 0.3 is 0 Å². The van der Waals surface area contributed by atoms with Gasteiger partial charge in [0.25, 0.3) is 0 Å². The Hall–Kier alpha value is -1.59. The summed E-state index contributed by atoms with van der Waals surface area (Å²) in [5.74, 6) is 0.665. The van der Waals surface area contributed by atoms with Crippen molar-refractivity contribution >= 4 is 11.6 Å². The Morgan fingerprint density at radius 1 is 1.50 bits per heavy atom. The van der Waals surface area contributed by atoms with Gasteiger partial charge in [-0.15, -0.1) is 0 Å². The normalized spacial score (nSPS) is 10.7. The van der Waals surface area contributed by atoms with Crippen molar-refractivity contribution in [3.63, 3.8) is 0 Å². The smallest absolute Gasteiger partial charge is 0.147 e. The summed E-state index contributed by atoms with van der Waals surface area (Å²) in [6.07, 6.45) is 1.53. The molecule has 0 unspecified atom stereocenters. The zero-order valence-corrected chi connectivity index (χ0v) is 10.5. The summed E-state index contributed by atoms with van der Waals surface area (Å²) in [4.78, 5) is 4.07. The van der Waals surface area contributed by atoms with Crippen molar-refractivity contribution in [3.8, 4) is 5.75 Å². The molecule has 0 saturated heterocycles. The summed E-state index contributed by atoms with van der Waals surface area (Å²) in [5.41, 5.74) is 0.398. The fraction of sp³-hybridized carbons (Fsp3) is 0.250. The average molecular weight is 271 g/mol. The Bertz CT molecular complexity index is 557. The zero-order valence-electron chi connectivity index (χ0n) is 9.73. The first-order chi connectivity index (χ1) is 8.61. The summed E-state index contributed by atoms with van der Waals surface area (Å²) in [6, 6.07) is 3.99. The second kappa shape index (κ2) is 5.37. The fourth-order valence-corrected chi connectivity index (χ4v) is 1.66. The molecule has 4 nitrogen and oxygen atoms in total. The Morgan fingerprint density at radius 3 is 2.89 bits per heavy atom. The summed E-state index contributed by atoms with van der Waals surface area (Å²) in [5, 5.41) is 9.62. The van der Waals surface area contributed by atoms with E-state index in [0.29, 0.717) is 22.3 Å². The number of aliphatic hydroxyl groups excluding tert-OH is 1. The predicted molar refractivity (Wildman–Crippen MR) is 64.9 cm³/mol. The van der Waals surface area contributed by atoms with Crippen LogP contribution in [0.25, 0.3) is 0 Å². The molecule has 1 N–H and O–H groups in total. The molecule has 2 rings (SSSR count). The largest absolute Gasteiger partial charge is 0.485 e. The minimum Gasteiger partial charge on any atom is -0.485 e. The third kappa shape index (κ3) is 2.63. The van der Waals surface area contributed by atoms with Gasteiger partial charge in [0.15, 0.2) is 0 Å². The number of aromatic nitrogens is 2. The lowest BCUT2D eigenvalue weighted by atomic mass is 10.2. The van der Waals surface area contributed by atoms with Crippen LogP contribution >= 0.6 is 11.6 Å². The first-order valence-electron chi connectivity index (χ1n) is 5.30. The third-order valence-electron chi connectivity index (χ3n) is 2.58. The van der Waals surface area contributed by atoms with E-state index in [1.807, 2.05) is 0 Å². The Kier molecular flexibility index (Phi) is 3.84. The van der Waals surface area contributed by atoms with Crippen molar-refractivity contribution < 1.29 is 14.2 Å². The molecule has 0 atom stereocenters. The highest BCUT2D eigenvalue weighted by Crippen LogP contribution is 2.21. The van der Waals surface area contributed by atoms with Crippen LogP contribution in [0.5, 0.6) is 5.75 Å². The van der Waals surface area contributed by atoms with E-state index in [-0.39, 0.29) is 13.2 Å². The lowest BCUT2D eigenvalue weighted by molar-refractivity contribution is 0.253.